The highest BCUT2D eigenvalue weighted by Crippen LogP contribution is 2.11. The number of nitrogens with one attached hydrogen (secondary N) is 1. The maximum atomic E-state index is 13.3. The normalized spacial score (nSPS) is 11.8. The number of nitrogens with zero attached hydrogens (tertiary/aromatic N) is 1. The van der Waals surface area contributed by atoms with Crippen LogP contribution in [0.5, 0.6) is 0 Å². The lowest BCUT2D eigenvalue weighted by Crippen LogP contribution is -2.46. The van der Waals surface area contributed by atoms with E-state index in [0.29, 0.717) is 18.0 Å². The highest BCUT2D eigenvalue weighted by molar-refractivity contribution is 7.12. The van der Waals surface area contributed by atoms with Gasteiger partial charge >= 0.3 is 0 Å². The number of thiophene rings is 1. The van der Waals surface area contributed by atoms with Gasteiger partial charge in [0.1, 0.15) is 11.9 Å². The highest BCUT2D eigenvalue weighted by atomic mass is 32.1. The third-order valence-electron chi connectivity index (χ3n) is 3.42. The fourth-order valence-electron chi connectivity index (χ4n) is 2.21. The number of halogens is 1. The van der Waals surface area contributed by atoms with Crippen molar-refractivity contribution in [2.24, 2.45) is 0 Å². The lowest BCUT2D eigenvalue weighted by atomic mass is 10.2. The van der Waals surface area contributed by atoms with Gasteiger partial charge in [0.25, 0.3) is 5.91 Å². The van der Waals surface area contributed by atoms with Crippen LogP contribution in [0, 0.1) is 5.82 Å². The Morgan fingerprint density at radius 2 is 2.09 bits per heavy atom. The molecule has 1 aromatic heterocycles. The first-order valence-corrected chi connectivity index (χ1v) is 8.26. The zero-order valence-electron chi connectivity index (χ0n) is 13.1. The molecule has 23 heavy (non-hydrogen) atoms. The van der Waals surface area contributed by atoms with Crippen molar-refractivity contribution in [1.29, 1.82) is 0 Å². The van der Waals surface area contributed by atoms with E-state index in [1.54, 1.807) is 36.1 Å². The molecule has 1 atom stereocenters. The lowest BCUT2D eigenvalue weighted by molar-refractivity contribution is -0.133. The van der Waals surface area contributed by atoms with Gasteiger partial charge in [0.2, 0.25) is 5.91 Å². The molecule has 0 fully saturated rings. The fourth-order valence-corrected chi connectivity index (χ4v) is 2.84. The van der Waals surface area contributed by atoms with Gasteiger partial charge in [-0.05, 0) is 43.0 Å². The molecule has 0 aliphatic heterocycles. The molecule has 0 aliphatic rings. The van der Waals surface area contributed by atoms with Crippen LogP contribution in [0.3, 0.4) is 0 Å². The van der Waals surface area contributed by atoms with E-state index in [0.717, 1.165) is 5.56 Å². The number of carbonyl (C=O) groups excluding carboxylic acids is 2. The van der Waals surface area contributed by atoms with Crippen LogP contribution in [0.15, 0.2) is 41.8 Å². The Balaban J connectivity index is 1.99. The molecule has 2 aromatic rings. The summed E-state index contributed by atoms with van der Waals surface area (Å²) in [5.41, 5.74) is 0.719. The quantitative estimate of drug-likeness (QED) is 0.883. The standard InChI is InChI=1S/C17H19FN2O2S/c1-3-20(11-13-6-4-7-14(18)10-13)17(22)12(2)19-16(21)15-8-5-9-23-15/h4-10,12H,3,11H2,1-2H3,(H,19,21). The first-order chi connectivity index (χ1) is 11.0. The summed E-state index contributed by atoms with van der Waals surface area (Å²) in [4.78, 5) is 26.7. The largest absolute Gasteiger partial charge is 0.340 e. The van der Waals surface area contributed by atoms with Gasteiger partial charge in [0, 0.05) is 13.1 Å². The molecule has 2 rings (SSSR count). The van der Waals surface area contributed by atoms with Crippen LogP contribution >= 0.6 is 11.3 Å². The summed E-state index contributed by atoms with van der Waals surface area (Å²) in [6.45, 7) is 4.30. The Hall–Kier alpha value is -2.21. The smallest absolute Gasteiger partial charge is 0.261 e. The number of hydrogen-bond donors (Lipinski definition) is 1. The van der Waals surface area contributed by atoms with E-state index in [9.17, 15) is 14.0 Å². The van der Waals surface area contributed by atoms with Crippen molar-refractivity contribution >= 4 is 23.2 Å². The second kappa shape index (κ2) is 7.87. The fraction of sp³-hybridized carbons (Fsp3) is 0.294. The van der Waals surface area contributed by atoms with E-state index in [2.05, 4.69) is 5.32 Å². The van der Waals surface area contributed by atoms with E-state index in [1.165, 1.54) is 23.5 Å². The summed E-state index contributed by atoms with van der Waals surface area (Å²) in [6, 6.07) is 9.02. The van der Waals surface area contributed by atoms with Gasteiger partial charge < -0.3 is 10.2 Å². The minimum Gasteiger partial charge on any atom is -0.340 e. The van der Waals surface area contributed by atoms with Gasteiger partial charge in [-0.15, -0.1) is 11.3 Å². The molecule has 4 nitrogen and oxygen atoms in total. The van der Waals surface area contributed by atoms with Crippen LogP contribution in [-0.2, 0) is 11.3 Å². The molecule has 2 amide bonds. The Labute approximate surface area is 138 Å². The van der Waals surface area contributed by atoms with E-state index in [1.807, 2.05) is 12.3 Å². The van der Waals surface area contributed by atoms with Crippen molar-refractivity contribution in [2.75, 3.05) is 6.54 Å². The van der Waals surface area contributed by atoms with Gasteiger partial charge in [0.15, 0.2) is 0 Å². The molecule has 0 spiro atoms. The summed E-state index contributed by atoms with van der Waals surface area (Å²) in [5, 5.41) is 4.51. The number of hydrogen-bond acceptors (Lipinski definition) is 3. The molecular weight excluding hydrogens is 315 g/mol. The number of carbonyl (C=O) groups is 2. The van der Waals surface area contributed by atoms with Crippen molar-refractivity contribution in [3.63, 3.8) is 0 Å². The van der Waals surface area contributed by atoms with Crippen molar-refractivity contribution in [3.05, 3.63) is 58.0 Å². The first-order valence-electron chi connectivity index (χ1n) is 7.39. The third-order valence-corrected chi connectivity index (χ3v) is 4.29. The number of amides is 2. The SMILES string of the molecule is CCN(Cc1cccc(F)c1)C(=O)C(C)NC(=O)c1cccs1. The molecule has 1 heterocycles. The van der Waals surface area contributed by atoms with E-state index >= 15 is 0 Å². The maximum absolute atomic E-state index is 13.3. The van der Waals surface area contributed by atoms with Crippen LogP contribution in [0.1, 0.15) is 29.1 Å². The summed E-state index contributed by atoms with van der Waals surface area (Å²) >= 11 is 1.32. The van der Waals surface area contributed by atoms with E-state index in [-0.39, 0.29) is 17.6 Å². The summed E-state index contributed by atoms with van der Waals surface area (Å²) in [5.74, 6) is -0.783. The summed E-state index contributed by atoms with van der Waals surface area (Å²) in [7, 11) is 0. The van der Waals surface area contributed by atoms with Gasteiger partial charge in [-0.3, -0.25) is 9.59 Å². The zero-order chi connectivity index (χ0) is 16.8. The van der Waals surface area contributed by atoms with Crippen LogP contribution in [0.4, 0.5) is 4.39 Å². The molecule has 0 saturated heterocycles. The Bertz CT molecular complexity index is 673. The molecule has 1 N–H and O–H groups in total. The van der Waals surface area contributed by atoms with Crippen molar-refractivity contribution < 1.29 is 14.0 Å². The summed E-state index contributed by atoms with van der Waals surface area (Å²) in [6.07, 6.45) is 0. The first kappa shape index (κ1) is 17.1. The molecule has 0 aliphatic carbocycles. The van der Waals surface area contributed by atoms with Crippen LogP contribution in [0.25, 0.3) is 0 Å². The molecular formula is C17H19FN2O2S. The molecule has 1 aromatic carbocycles. The van der Waals surface area contributed by atoms with Gasteiger partial charge in [-0.1, -0.05) is 18.2 Å². The highest BCUT2D eigenvalue weighted by Gasteiger charge is 2.22. The lowest BCUT2D eigenvalue weighted by Gasteiger charge is -2.25. The van der Waals surface area contributed by atoms with Crippen LogP contribution < -0.4 is 5.32 Å². The predicted molar refractivity (Wildman–Crippen MR) is 88.7 cm³/mol. The Kier molecular flexibility index (Phi) is 5.87. The average Bonchev–Trinajstić information content (AvgIpc) is 3.06. The van der Waals surface area contributed by atoms with Gasteiger partial charge in [-0.2, -0.15) is 0 Å². The number of benzene rings is 1. The predicted octanol–water partition coefficient (Wildman–Crippen LogP) is 3.05. The monoisotopic (exact) mass is 334 g/mol. The molecule has 0 radical (unpaired) electrons. The molecule has 6 heteroatoms. The van der Waals surface area contributed by atoms with Crippen molar-refractivity contribution in [2.45, 2.75) is 26.4 Å². The van der Waals surface area contributed by atoms with Crippen molar-refractivity contribution in [3.8, 4) is 0 Å². The second-order valence-corrected chi connectivity index (χ2v) is 6.10. The topological polar surface area (TPSA) is 49.4 Å². The minimum atomic E-state index is -0.641. The van der Waals surface area contributed by atoms with E-state index < -0.39 is 6.04 Å². The summed E-state index contributed by atoms with van der Waals surface area (Å²) < 4.78 is 13.3. The zero-order valence-corrected chi connectivity index (χ0v) is 13.9. The van der Waals surface area contributed by atoms with Crippen LogP contribution in [-0.4, -0.2) is 29.3 Å². The maximum Gasteiger partial charge on any atom is 0.261 e. The Morgan fingerprint density at radius 1 is 1.30 bits per heavy atom. The number of likely N-dealkylation sites (N-methyl/N-ethyl adjacent to an activating group) is 1. The molecule has 122 valence electrons. The second-order valence-electron chi connectivity index (χ2n) is 5.15. The third kappa shape index (κ3) is 4.63. The Morgan fingerprint density at radius 3 is 2.70 bits per heavy atom. The van der Waals surface area contributed by atoms with Gasteiger partial charge in [-0.25, -0.2) is 4.39 Å². The van der Waals surface area contributed by atoms with E-state index in [4.69, 9.17) is 0 Å². The molecule has 1 unspecified atom stereocenters. The van der Waals surface area contributed by atoms with Gasteiger partial charge in [0.05, 0.1) is 4.88 Å². The number of rotatable bonds is 6. The van der Waals surface area contributed by atoms with Crippen LogP contribution in [0.2, 0.25) is 0 Å². The molecule has 0 bridgehead atoms. The average molecular weight is 334 g/mol. The van der Waals surface area contributed by atoms with Crippen molar-refractivity contribution in [1.82, 2.24) is 10.2 Å². The molecule has 0 saturated carbocycles. The minimum absolute atomic E-state index is 0.193.